The number of likely N-dealkylation sites (tertiary alicyclic amines) is 1. The van der Waals surface area contributed by atoms with Crippen molar-refractivity contribution in [2.75, 3.05) is 6.54 Å². The van der Waals surface area contributed by atoms with Gasteiger partial charge in [0.25, 0.3) is 0 Å². The van der Waals surface area contributed by atoms with Crippen LogP contribution >= 0.6 is 0 Å². The summed E-state index contributed by atoms with van der Waals surface area (Å²) in [4.78, 5) is 30.3. The molecule has 3 rings (SSSR count). The quantitative estimate of drug-likeness (QED) is 0.910. The number of piperidine rings is 1. The highest BCUT2D eigenvalue weighted by Crippen LogP contribution is 2.38. The van der Waals surface area contributed by atoms with Crippen molar-refractivity contribution in [1.29, 1.82) is 0 Å². The number of carboxylic acids is 1. The number of nitrogens with zero attached hydrogens (tertiary/aromatic N) is 2. The minimum atomic E-state index is -0.841. The van der Waals surface area contributed by atoms with Gasteiger partial charge in [-0.25, -0.2) is 0 Å². The third kappa shape index (κ3) is 3.71. The first-order valence-corrected chi connectivity index (χ1v) is 8.54. The van der Waals surface area contributed by atoms with Crippen LogP contribution in [-0.2, 0) is 16.0 Å². The van der Waals surface area contributed by atoms with Crippen molar-refractivity contribution < 1.29 is 14.7 Å². The molecule has 1 aliphatic rings. The number of amides is 1. The summed E-state index contributed by atoms with van der Waals surface area (Å²) in [6.07, 6.45) is 4.83. The minimum Gasteiger partial charge on any atom is -0.481 e. The van der Waals surface area contributed by atoms with E-state index in [-0.39, 0.29) is 12.3 Å². The zero-order chi connectivity index (χ0) is 17.8. The predicted octanol–water partition coefficient (Wildman–Crippen LogP) is 3.00. The van der Waals surface area contributed by atoms with Gasteiger partial charge in [-0.3, -0.25) is 14.6 Å². The molecule has 0 spiro atoms. The summed E-state index contributed by atoms with van der Waals surface area (Å²) in [5, 5.41) is 9.70. The molecule has 1 N–H and O–H groups in total. The molecule has 2 atom stereocenters. The van der Waals surface area contributed by atoms with Gasteiger partial charge in [0, 0.05) is 25.4 Å². The van der Waals surface area contributed by atoms with Crippen LogP contribution in [0.15, 0.2) is 48.8 Å². The van der Waals surface area contributed by atoms with E-state index < -0.39 is 17.9 Å². The Bertz CT molecular complexity index is 761. The molecule has 1 saturated heterocycles. The van der Waals surface area contributed by atoms with Gasteiger partial charge in [-0.15, -0.1) is 0 Å². The van der Waals surface area contributed by atoms with Crippen molar-refractivity contribution >= 4 is 11.9 Å². The molecule has 0 radical (unpaired) electrons. The van der Waals surface area contributed by atoms with Gasteiger partial charge in [0.05, 0.1) is 12.0 Å². The summed E-state index contributed by atoms with van der Waals surface area (Å²) >= 11 is 0. The summed E-state index contributed by atoms with van der Waals surface area (Å²) < 4.78 is 0. The molecule has 0 saturated carbocycles. The number of rotatable bonds is 5. The number of benzene rings is 1. The Balaban J connectivity index is 1.92. The van der Waals surface area contributed by atoms with Gasteiger partial charge in [-0.05, 0) is 42.5 Å². The molecule has 1 aromatic carbocycles. The first kappa shape index (κ1) is 17.1. The maximum atomic E-state index is 12.6. The van der Waals surface area contributed by atoms with E-state index in [0.717, 1.165) is 16.7 Å². The molecule has 0 aliphatic carbocycles. The molecule has 0 bridgehead atoms. The first-order valence-electron chi connectivity index (χ1n) is 8.54. The van der Waals surface area contributed by atoms with Crippen LogP contribution in [0.3, 0.4) is 0 Å². The monoisotopic (exact) mass is 338 g/mol. The van der Waals surface area contributed by atoms with Crippen LogP contribution in [0.5, 0.6) is 0 Å². The topological polar surface area (TPSA) is 70.5 Å². The van der Waals surface area contributed by atoms with Crippen molar-refractivity contribution in [3.05, 3.63) is 65.5 Å². The molecule has 5 nitrogen and oxygen atoms in total. The molecule has 25 heavy (non-hydrogen) atoms. The Morgan fingerprint density at radius 1 is 1.28 bits per heavy atom. The van der Waals surface area contributed by atoms with Gasteiger partial charge in [-0.1, -0.05) is 30.3 Å². The lowest BCUT2D eigenvalue weighted by molar-refractivity contribution is -0.152. The molecule has 2 aromatic rings. The zero-order valence-electron chi connectivity index (χ0n) is 14.3. The highest BCUT2D eigenvalue weighted by molar-refractivity contribution is 5.82. The number of aromatic nitrogens is 1. The third-order valence-corrected chi connectivity index (χ3v) is 4.89. The van der Waals surface area contributed by atoms with E-state index in [1.54, 1.807) is 17.3 Å². The fourth-order valence-corrected chi connectivity index (χ4v) is 3.57. The standard InChI is InChI=1S/C20H22N2O3/c1-14-5-2-3-7-16(14)19-17(20(24)25)8-9-18(23)22(19)12-10-15-6-4-11-21-13-15/h2-7,11,13,17,19H,8-10,12H2,1H3,(H,24,25). The maximum Gasteiger partial charge on any atom is 0.308 e. The Labute approximate surface area is 147 Å². The second kappa shape index (κ2) is 7.47. The van der Waals surface area contributed by atoms with E-state index in [2.05, 4.69) is 4.98 Å². The number of hydrogen-bond donors (Lipinski definition) is 1. The smallest absolute Gasteiger partial charge is 0.308 e. The number of carbonyl (C=O) groups excluding carboxylic acids is 1. The van der Waals surface area contributed by atoms with E-state index in [4.69, 9.17) is 0 Å². The molecule has 130 valence electrons. The lowest BCUT2D eigenvalue weighted by Gasteiger charge is -2.40. The molecule has 2 unspecified atom stereocenters. The van der Waals surface area contributed by atoms with E-state index in [9.17, 15) is 14.7 Å². The Morgan fingerprint density at radius 2 is 2.08 bits per heavy atom. The molecular weight excluding hydrogens is 316 g/mol. The van der Waals surface area contributed by atoms with Crippen molar-refractivity contribution in [2.24, 2.45) is 5.92 Å². The predicted molar refractivity (Wildman–Crippen MR) is 93.9 cm³/mol. The number of pyridine rings is 1. The number of carboxylic acid groups (broad SMARTS) is 1. The number of aliphatic carboxylic acids is 1. The number of hydrogen-bond acceptors (Lipinski definition) is 3. The van der Waals surface area contributed by atoms with Crippen LogP contribution in [0.4, 0.5) is 0 Å². The molecular formula is C20H22N2O3. The lowest BCUT2D eigenvalue weighted by atomic mass is 9.82. The van der Waals surface area contributed by atoms with Gasteiger partial charge in [0.1, 0.15) is 0 Å². The highest BCUT2D eigenvalue weighted by Gasteiger charge is 2.40. The molecule has 1 aromatic heterocycles. The third-order valence-electron chi connectivity index (χ3n) is 4.89. The largest absolute Gasteiger partial charge is 0.481 e. The Hall–Kier alpha value is -2.69. The summed E-state index contributed by atoms with van der Waals surface area (Å²) in [6, 6.07) is 11.2. The molecule has 1 amide bonds. The van der Waals surface area contributed by atoms with Crippen LogP contribution in [0.25, 0.3) is 0 Å². The second-order valence-electron chi connectivity index (χ2n) is 6.48. The molecule has 2 heterocycles. The van der Waals surface area contributed by atoms with E-state index in [0.29, 0.717) is 19.4 Å². The Kier molecular flexibility index (Phi) is 5.12. The summed E-state index contributed by atoms with van der Waals surface area (Å²) in [5.41, 5.74) is 2.98. The fourth-order valence-electron chi connectivity index (χ4n) is 3.57. The number of aryl methyl sites for hydroxylation is 1. The SMILES string of the molecule is Cc1ccccc1C1C(C(=O)O)CCC(=O)N1CCc1cccnc1. The molecule has 5 heteroatoms. The molecule has 1 aliphatic heterocycles. The highest BCUT2D eigenvalue weighted by atomic mass is 16.4. The van der Waals surface area contributed by atoms with Crippen molar-refractivity contribution in [3.63, 3.8) is 0 Å². The van der Waals surface area contributed by atoms with Crippen LogP contribution in [0.2, 0.25) is 0 Å². The van der Waals surface area contributed by atoms with Crippen LogP contribution in [0.1, 0.15) is 35.6 Å². The average Bonchev–Trinajstić information content (AvgIpc) is 2.61. The summed E-state index contributed by atoms with van der Waals surface area (Å²) in [6.45, 7) is 2.46. The summed E-state index contributed by atoms with van der Waals surface area (Å²) in [5.74, 6) is -1.39. The average molecular weight is 338 g/mol. The van der Waals surface area contributed by atoms with Crippen LogP contribution in [0, 0.1) is 12.8 Å². The van der Waals surface area contributed by atoms with Gasteiger partial charge in [-0.2, -0.15) is 0 Å². The van der Waals surface area contributed by atoms with Crippen molar-refractivity contribution in [3.8, 4) is 0 Å². The number of carbonyl (C=O) groups is 2. The van der Waals surface area contributed by atoms with Gasteiger partial charge < -0.3 is 10.0 Å². The van der Waals surface area contributed by atoms with Gasteiger partial charge in [0.15, 0.2) is 0 Å². The minimum absolute atomic E-state index is 0.0228. The van der Waals surface area contributed by atoms with E-state index in [1.165, 1.54) is 0 Å². The molecule has 1 fully saturated rings. The fraction of sp³-hybridized carbons (Fsp3) is 0.350. The Morgan fingerprint density at radius 3 is 2.76 bits per heavy atom. The van der Waals surface area contributed by atoms with Crippen molar-refractivity contribution in [2.45, 2.75) is 32.2 Å². The lowest BCUT2D eigenvalue weighted by Crippen LogP contribution is -2.46. The first-order chi connectivity index (χ1) is 12.1. The van der Waals surface area contributed by atoms with Crippen molar-refractivity contribution in [1.82, 2.24) is 9.88 Å². The second-order valence-corrected chi connectivity index (χ2v) is 6.48. The van der Waals surface area contributed by atoms with E-state index >= 15 is 0 Å². The summed E-state index contributed by atoms with van der Waals surface area (Å²) in [7, 11) is 0. The maximum absolute atomic E-state index is 12.6. The zero-order valence-corrected chi connectivity index (χ0v) is 14.3. The van der Waals surface area contributed by atoms with Crippen LogP contribution < -0.4 is 0 Å². The van der Waals surface area contributed by atoms with Gasteiger partial charge >= 0.3 is 5.97 Å². The van der Waals surface area contributed by atoms with E-state index in [1.807, 2.05) is 43.3 Å². The van der Waals surface area contributed by atoms with Gasteiger partial charge in [0.2, 0.25) is 5.91 Å². The normalized spacial score (nSPS) is 20.5. The van der Waals surface area contributed by atoms with Crippen LogP contribution in [-0.4, -0.2) is 33.4 Å².